The third kappa shape index (κ3) is 4.30. The minimum atomic E-state index is -3.63. The molecular weight excluding hydrogens is 472 g/mol. The van der Waals surface area contributed by atoms with E-state index in [4.69, 9.17) is 19.2 Å². The van der Waals surface area contributed by atoms with Crippen molar-refractivity contribution in [2.24, 2.45) is 0 Å². The Morgan fingerprint density at radius 1 is 1.00 bits per heavy atom. The van der Waals surface area contributed by atoms with Gasteiger partial charge in [0.25, 0.3) is 5.56 Å². The van der Waals surface area contributed by atoms with Gasteiger partial charge in [0.15, 0.2) is 11.5 Å². The van der Waals surface area contributed by atoms with Gasteiger partial charge in [-0.2, -0.15) is 4.31 Å². The van der Waals surface area contributed by atoms with Crippen LogP contribution in [0.5, 0.6) is 17.2 Å². The first kappa shape index (κ1) is 23.4. The van der Waals surface area contributed by atoms with E-state index in [0.29, 0.717) is 66.9 Å². The van der Waals surface area contributed by atoms with Crippen molar-refractivity contribution in [3.8, 4) is 17.2 Å². The summed E-state index contributed by atoms with van der Waals surface area (Å²) < 4.78 is 45.9. The summed E-state index contributed by atoms with van der Waals surface area (Å²) in [6.07, 6.45) is 0.760. The zero-order chi connectivity index (χ0) is 24.6. The zero-order valence-electron chi connectivity index (χ0n) is 19.8. The van der Waals surface area contributed by atoms with Crippen LogP contribution in [0.4, 0.5) is 5.95 Å². The minimum Gasteiger partial charge on any atom is -0.497 e. The fourth-order valence-electron chi connectivity index (χ4n) is 4.44. The molecular formula is C24H28N4O6S. The average molecular weight is 501 g/mol. The summed E-state index contributed by atoms with van der Waals surface area (Å²) >= 11 is 0. The zero-order valence-corrected chi connectivity index (χ0v) is 20.6. The predicted octanol–water partition coefficient (Wildman–Crippen LogP) is 2.10. The largest absolute Gasteiger partial charge is 0.497 e. The van der Waals surface area contributed by atoms with Crippen LogP contribution in [0.2, 0.25) is 0 Å². The molecule has 10 nitrogen and oxygen atoms in total. The molecule has 0 unspecified atom stereocenters. The van der Waals surface area contributed by atoms with Gasteiger partial charge in [-0.15, -0.1) is 0 Å². The van der Waals surface area contributed by atoms with Gasteiger partial charge in [-0.1, -0.05) is 6.92 Å². The van der Waals surface area contributed by atoms with Crippen LogP contribution in [0, 0.1) is 0 Å². The Morgan fingerprint density at radius 2 is 1.66 bits per heavy atom. The van der Waals surface area contributed by atoms with Crippen LogP contribution in [-0.2, 0) is 16.6 Å². The van der Waals surface area contributed by atoms with Gasteiger partial charge < -0.3 is 19.1 Å². The Kier molecular flexibility index (Phi) is 6.28. The van der Waals surface area contributed by atoms with Gasteiger partial charge in [0, 0.05) is 38.8 Å². The number of benzene rings is 2. The number of aromatic nitrogens is 2. The maximum atomic E-state index is 13.4. The Morgan fingerprint density at radius 3 is 2.29 bits per heavy atom. The molecule has 186 valence electrons. The molecule has 0 bridgehead atoms. The van der Waals surface area contributed by atoms with Crippen LogP contribution in [0.15, 0.2) is 46.1 Å². The molecule has 5 rings (SSSR count). The maximum Gasteiger partial charge on any atom is 0.262 e. The number of fused-ring (bicyclic) bond motifs is 2. The van der Waals surface area contributed by atoms with Gasteiger partial charge in [-0.05, 0) is 36.8 Å². The van der Waals surface area contributed by atoms with Crippen LogP contribution >= 0.6 is 0 Å². The molecule has 2 aliphatic rings. The van der Waals surface area contributed by atoms with Gasteiger partial charge in [-0.3, -0.25) is 9.36 Å². The minimum absolute atomic E-state index is 0.142. The molecule has 11 heteroatoms. The fourth-order valence-corrected chi connectivity index (χ4v) is 5.86. The Hall–Kier alpha value is -3.31. The van der Waals surface area contributed by atoms with E-state index in [-0.39, 0.29) is 23.5 Å². The number of rotatable bonds is 6. The summed E-state index contributed by atoms with van der Waals surface area (Å²) in [6.45, 7) is 4.81. The predicted molar refractivity (Wildman–Crippen MR) is 131 cm³/mol. The van der Waals surface area contributed by atoms with Crippen molar-refractivity contribution in [3.05, 3.63) is 46.8 Å². The highest BCUT2D eigenvalue weighted by atomic mass is 32.2. The quantitative estimate of drug-likeness (QED) is 0.507. The molecule has 2 aromatic carbocycles. The highest BCUT2D eigenvalue weighted by Crippen LogP contribution is 2.33. The van der Waals surface area contributed by atoms with Gasteiger partial charge in [0.2, 0.25) is 16.0 Å². The normalized spacial score (nSPS) is 16.5. The summed E-state index contributed by atoms with van der Waals surface area (Å²) in [6, 6.07) is 9.83. The number of methoxy groups -OCH3 is 1. The number of anilines is 1. The molecule has 1 fully saturated rings. The van der Waals surface area contributed by atoms with E-state index < -0.39 is 10.0 Å². The number of hydrogen-bond acceptors (Lipinski definition) is 8. The first-order valence-corrected chi connectivity index (χ1v) is 13.1. The van der Waals surface area contributed by atoms with Crippen LogP contribution in [-0.4, -0.2) is 68.8 Å². The summed E-state index contributed by atoms with van der Waals surface area (Å²) in [5, 5.41) is 0.479. The van der Waals surface area contributed by atoms with Crippen molar-refractivity contribution in [1.29, 1.82) is 0 Å². The lowest BCUT2D eigenvalue weighted by molar-refractivity contribution is 0.172. The second kappa shape index (κ2) is 9.38. The molecule has 0 radical (unpaired) electrons. The Labute approximate surface area is 203 Å². The SMILES string of the molecule is CCCn1c(N2CCN(S(=O)(=O)c3ccc(OC)cc3)CC2)nc2cc3c(cc2c1=O)OCCO3. The van der Waals surface area contributed by atoms with Crippen molar-refractivity contribution >= 4 is 26.9 Å². The monoisotopic (exact) mass is 500 g/mol. The van der Waals surface area contributed by atoms with Crippen molar-refractivity contribution in [2.75, 3.05) is 51.4 Å². The first-order valence-electron chi connectivity index (χ1n) is 11.7. The lowest BCUT2D eigenvalue weighted by atomic mass is 10.2. The van der Waals surface area contributed by atoms with Gasteiger partial charge in [0.1, 0.15) is 19.0 Å². The van der Waals surface area contributed by atoms with Gasteiger partial charge in [-0.25, -0.2) is 13.4 Å². The van der Waals surface area contributed by atoms with Crippen molar-refractivity contribution in [3.63, 3.8) is 0 Å². The third-order valence-electron chi connectivity index (χ3n) is 6.26. The summed E-state index contributed by atoms with van der Waals surface area (Å²) in [7, 11) is -2.10. The van der Waals surface area contributed by atoms with Crippen LogP contribution < -0.4 is 24.7 Å². The second-order valence-corrected chi connectivity index (χ2v) is 10.4. The smallest absolute Gasteiger partial charge is 0.262 e. The highest BCUT2D eigenvalue weighted by Gasteiger charge is 2.30. The molecule has 1 saturated heterocycles. The van der Waals surface area contributed by atoms with E-state index in [1.165, 1.54) is 11.4 Å². The number of piperazine rings is 1. The number of sulfonamides is 1. The van der Waals surface area contributed by atoms with Crippen molar-refractivity contribution in [1.82, 2.24) is 13.9 Å². The maximum absolute atomic E-state index is 13.4. The number of ether oxygens (including phenoxy) is 3. The molecule has 3 heterocycles. The van der Waals surface area contributed by atoms with Crippen molar-refractivity contribution in [2.45, 2.75) is 24.8 Å². The highest BCUT2D eigenvalue weighted by molar-refractivity contribution is 7.89. The van der Waals surface area contributed by atoms with Gasteiger partial charge >= 0.3 is 0 Å². The van der Waals surface area contributed by atoms with Gasteiger partial charge in [0.05, 0.1) is 22.9 Å². The van der Waals surface area contributed by atoms with E-state index in [1.807, 2.05) is 11.8 Å². The van der Waals surface area contributed by atoms with Crippen LogP contribution in [0.1, 0.15) is 13.3 Å². The van der Waals surface area contributed by atoms with Crippen molar-refractivity contribution < 1.29 is 22.6 Å². The second-order valence-electron chi connectivity index (χ2n) is 8.45. The molecule has 0 spiro atoms. The Balaban J connectivity index is 1.43. The summed E-state index contributed by atoms with van der Waals surface area (Å²) in [5.74, 6) is 2.27. The fraction of sp³-hybridized carbons (Fsp3) is 0.417. The van der Waals surface area contributed by atoms with Crippen LogP contribution in [0.3, 0.4) is 0 Å². The lowest BCUT2D eigenvalue weighted by Crippen LogP contribution is -2.50. The molecule has 0 aliphatic carbocycles. The number of nitrogens with zero attached hydrogens (tertiary/aromatic N) is 4. The first-order chi connectivity index (χ1) is 16.9. The summed E-state index contributed by atoms with van der Waals surface area (Å²) in [4.78, 5) is 20.4. The standard InChI is InChI=1S/C24H28N4O6S/c1-3-8-28-23(29)19-15-21-22(34-14-13-33-21)16-20(19)25-24(28)26-9-11-27(12-10-26)35(30,31)18-6-4-17(32-2)5-7-18/h4-7,15-16H,3,8-14H2,1-2H3. The lowest BCUT2D eigenvalue weighted by Gasteiger charge is -2.35. The average Bonchev–Trinajstić information content (AvgIpc) is 2.89. The topological polar surface area (TPSA) is 103 Å². The molecule has 0 saturated carbocycles. The molecule has 0 N–H and O–H groups in total. The van der Waals surface area contributed by atoms with E-state index >= 15 is 0 Å². The molecule has 2 aliphatic heterocycles. The third-order valence-corrected chi connectivity index (χ3v) is 8.18. The molecule has 3 aromatic rings. The molecule has 0 amide bonds. The van der Waals surface area contributed by atoms with E-state index in [0.717, 1.165) is 6.42 Å². The van der Waals surface area contributed by atoms with E-state index in [9.17, 15) is 13.2 Å². The van der Waals surface area contributed by atoms with Crippen LogP contribution in [0.25, 0.3) is 10.9 Å². The van der Waals surface area contributed by atoms with E-state index in [2.05, 4.69) is 0 Å². The molecule has 35 heavy (non-hydrogen) atoms. The Bertz CT molecular complexity index is 1400. The molecule has 0 atom stereocenters. The number of hydrogen-bond donors (Lipinski definition) is 0. The summed E-state index contributed by atoms with van der Waals surface area (Å²) in [5.41, 5.74) is 0.395. The molecule has 1 aromatic heterocycles. The van der Waals surface area contributed by atoms with E-state index in [1.54, 1.807) is 41.0 Å².